The van der Waals surface area contributed by atoms with E-state index in [2.05, 4.69) is 74.8 Å². The molecule has 2 unspecified atom stereocenters. The molecule has 3 heteroatoms. The lowest BCUT2D eigenvalue weighted by atomic mass is 10.0. The zero-order chi connectivity index (χ0) is 16.5. The third kappa shape index (κ3) is 6.61. The molecule has 2 atom stereocenters. The van der Waals surface area contributed by atoms with Crippen LogP contribution in [0.3, 0.4) is 0 Å². The SMILES string of the molecule is CC(C)=CCCC(C)CCN(c1ccccn1)C(C)N(C)C. The van der Waals surface area contributed by atoms with Crippen molar-refractivity contribution in [2.45, 2.75) is 53.1 Å². The minimum absolute atomic E-state index is 0.347. The van der Waals surface area contributed by atoms with E-state index < -0.39 is 0 Å². The predicted molar refractivity (Wildman–Crippen MR) is 97.2 cm³/mol. The summed E-state index contributed by atoms with van der Waals surface area (Å²) in [6.07, 6.45) is 8.22. The van der Waals surface area contributed by atoms with E-state index in [4.69, 9.17) is 0 Å². The molecule has 0 aromatic carbocycles. The van der Waals surface area contributed by atoms with Crippen LogP contribution >= 0.6 is 0 Å². The van der Waals surface area contributed by atoms with E-state index in [0.717, 1.165) is 18.3 Å². The molecule has 0 bridgehead atoms. The van der Waals surface area contributed by atoms with Crippen molar-refractivity contribution in [2.75, 3.05) is 25.5 Å². The number of hydrogen-bond acceptors (Lipinski definition) is 3. The Morgan fingerprint density at radius 3 is 2.45 bits per heavy atom. The summed E-state index contributed by atoms with van der Waals surface area (Å²) in [6, 6.07) is 6.15. The van der Waals surface area contributed by atoms with Crippen LogP contribution in [-0.4, -0.2) is 36.7 Å². The summed E-state index contributed by atoms with van der Waals surface area (Å²) >= 11 is 0. The Balaban J connectivity index is 2.60. The lowest BCUT2D eigenvalue weighted by molar-refractivity contribution is 0.294. The number of anilines is 1. The Labute approximate surface area is 137 Å². The molecule has 1 heterocycles. The van der Waals surface area contributed by atoms with Crippen LogP contribution in [0.25, 0.3) is 0 Å². The molecule has 0 spiro atoms. The van der Waals surface area contributed by atoms with E-state index in [1.807, 2.05) is 12.3 Å². The van der Waals surface area contributed by atoms with E-state index in [0.29, 0.717) is 6.17 Å². The van der Waals surface area contributed by atoms with Gasteiger partial charge in [-0.1, -0.05) is 24.6 Å². The summed E-state index contributed by atoms with van der Waals surface area (Å²) in [5.41, 5.74) is 1.42. The smallest absolute Gasteiger partial charge is 0.129 e. The Morgan fingerprint density at radius 1 is 1.18 bits per heavy atom. The van der Waals surface area contributed by atoms with Crippen LogP contribution in [0.2, 0.25) is 0 Å². The average molecular weight is 303 g/mol. The van der Waals surface area contributed by atoms with E-state index in [9.17, 15) is 0 Å². The number of pyridine rings is 1. The van der Waals surface area contributed by atoms with Gasteiger partial charge in [0.1, 0.15) is 5.82 Å². The minimum Gasteiger partial charge on any atom is -0.341 e. The Kier molecular flexibility index (Phi) is 8.18. The van der Waals surface area contributed by atoms with E-state index >= 15 is 0 Å². The summed E-state index contributed by atoms with van der Waals surface area (Å²) < 4.78 is 0. The van der Waals surface area contributed by atoms with Crippen LogP contribution in [0, 0.1) is 5.92 Å². The van der Waals surface area contributed by atoms with Crippen molar-refractivity contribution in [2.24, 2.45) is 5.92 Å². The fourth-order valence-corrected chi connectivity index (χ4v) is 2.46. The molecule has 0 amide bonds. The van der Waals surface area contributed by atoms with Crippen LogP contribution in [0.5, 0.6) is 0 Å². The molecule has 0 radical (unpaired) electrons. The third-order valence-electron chi connectivity index (χ3n) is 4.22. The predicted octanol–water partition coefficient (Wildman–Crippen LogP) is 4.57. The van der Waals surface area contributed by atoms with Crippen molar-refractivity contribution >= 4 is 5.82 Å². The highest BCUT2D eigenvalue weighted by Gasteiger charge is 2.17. The second-order valence-electron chi connectivity index (χ2n) is 6.73. The highest BCUT2D eigenvalue weighted by molar-refractivity contribution is 5.38. The van der Waals surface area contributed by atoms with Crippen molar-refractivity contribution in [3.05, 3.63) is 36.0 Å². The Bertz CT molecular complexity index is 435. The zero-order valence-electron chi connectivity index (χ0n) is 15.2. The second kappa shape index (κ2) is 9.62. The molecule has 0 saturated heterocycles. The summed E-state index contributed by atoms with van der Waals surface area (Å²) in [5.74, 6) is 1.80. The maximum absolute atomic E-state index is 4.54. The Hall–Kier alpha value is -1.35. The van der Waals surface area contributed by atoms with Crippen molar-refractivity contribution < 1.29 is 0 Å². The van der Waals surface area contributed by atoms with E-state index in [-0.39, 0.29) is 0 Å². The third-order valence-corrected chi connectivity index (χ3v) is 4.22. The van der Waals surface area contributed by atoms with Gasteiger partial charge in [-0.25, -0.2) is 4.98 Å². The molecule has 1 aromatic rings. The fraction of sp³-hybridized carbons (Fsp3) is 0.632. The lowest BCUT2D eigenvalue weighted by Crippen LogP contribution is -2.44. The highest BCUT2D eigenvalue weighted by Crippen LogP contribution is 2.19. The van der Waals surface area contributed by atoms with Gasteiger partial charge < -0.3 is 4.90 Å². The van der Waals surface area contributed by atoms with Crippen molar-refractivity contribution in [1.29, 1.82) is 0 Å². The molecule has 0 N–H and O–H groups in total. The van der Waals surface area contributed by atoms with Gasteiger partial charge in [0.2, 0.25) is 0 Å². The molecule has 124 valence electrons. The minimum atomic E-state index is 0.347. The first kappa shape index (κ1) is 18.7. The quantitative estimate of drug-likeness (QED) is 0.492. The average Bonchev–Trinajstić information content (AvgIpc) is 2.47. The monoisotopic (exact) mass is 303 g/mol. The highest BCUT2D eigenvalue weighted by atomic mass is 15.3. The van der Waals surface area contributed by atoms with Gasteiger partial charge in [0.25, 0.3) is 0 Å². The molecule has 0 saturated carbocycles. The normalized spacial score (nSPS) is 13.8. The van der Waals surface area contributed by atoms with Gasteiger partial charge in [-0.15, -0.1) is 0 Å². The molecular formula is C19H33N3. The zero-order valence-corrected chi connectivity index (χ0v) is 15.2. The van der Waals surface area contributed by atoms with Crippen LogP contribution in [0.15, 0.2) is 36.0 Å². The summed E-state index contributed by atoms with van der Waals surface area (Å²) in [4.78, 5) is 9.17. The number of aromatic nitrogens is 1. The van der Waals surface area contributed by atoms with Gasteiger partial charge >= 0.3 is 0 Å². The summed E-state index contributed by atoms with van der Waals surface area (Å²) in [7, 11) is 4.25. The van der Waals surface area contributed by atoms with Crippen molar-refractivity contribution in [1.82, 2.24) is 9.88 Å². The topological polar surface area (TPSA) is 19.4 Å². The number of allylic oxidation sites excluding steroid dienone is 2. The van der Waals surface area contributed by atoms with Crippen molar-refractivity contribution in [3.63, 3.8) is 0 Å². The molecule has 3 nitrogen and oxygen atoms in total. The summed E-state index contributed by atoms with van der Waals surface area (Å²) in [5, 5.41) is 0. The lowest BCUT2D eigenvalue weighted by Gasteiger charge is -2.35. The van der Waals surface area contributed by atoms with Crippen LogP contribution < -0.4 is 4.90 Å². The van der Waals surface area contributed by atoms with Gasteiger partial charge in [0.05, 0.1) is 6.17 Å². The Morgan fingerprint density at radius 2 is 1.91 bits per heavy atom. The standard InChI is InChI=1S/C19H33N3/c1-16(2)10-9-11-17(3)13-15-22(18(4)21(5)6)19-12-7-8-14-20-19/h7-8,10,12,14,17-18H,9,11,13,15H2,1-6H3. The first-order valence-corrected chi connectivity index (χ1v) is 8.39. The number of rotatable bonds is 9. The molecule has 22 heavy (non-hydrogen) atoms. The first-order valence-electron chi connectivity index (χ1n) is 8.39. The van der Waals surface area contributed by atoms with Gasteiger partial charge in [-0.2, -0.15) is 0 Å². The molecule has 0 aliphatic rings. The number of hydrogen-bond donors (Lipinski definition) is 0. The molecule has 0 aliphatic carbocycles. The molecule has 0 aliphatic heterocycles. The first-order chi connectivity index (χ1) is 10.4. The summed E-state index contributed by atoms with van der Waals surface area (Å²) in [6.45, 7) is 9.99. The molecule has 1 aromatic heterocycles. The molecule has 0 fully saturated rings. The van der Waals surface area contributed by atoms with Gasteiger partial charge in [-0.05, 0) is 72.2 Å². The van der Waals surface area contributed by atoms with Crippen LogP contribution in [0.1, 0.15) is 47.0 Å². The maximum atomic E-state index is 4.54. The van der Waals surface area contributed by atoms with Crippen LogP contribution in [-0.2, 0) is 0 Å². The largest absolute Gasteiger partial charge is 0.341 e. The maximum Gasteiger partial charge on any atom is 0.129 e. The van der Waals surface area contributed by atoms with Crippen LogP contribution in [0.4, 0.5) is 5.82 Å². The van der Waals surface area contributed by atoms with Gasteiger partial charge in [-0.3, -0.25) is 4.90 Å². The molecule has 1 rings (SSSR count). The fourth-order valence-electron chi connectivity index (χ4n) is 2.46. The molecular weight excluding hydrogens is 270 g/mol. The van der Waals surface area contributed by atoms with Gasteiger partial charge in [0, 0.05) is 12.7 Å². The van der Waals surface area contributed by atoms with Crippen molar-refractivity contribution in [3.8, 4) is 0 Å². The van der Waals surface area contributed by atoms with E-state index in [1.165, 1.54) is 24.8 Å². The number of nitrogens with zero attached hydrogens (tertiary/aromatic N) is 3. The second-order valence-corrected chi connectivity index (χ2v) is 6.73. The van der Waals surface area contributed by atoms with Gasteiger partial charge in [0.15, 0.2) is 0 Å². The van der Waals surface area contributed by atoms with E-state index in [1.54, 1.807) is 0 Å².